The van der Waals surface area contributed by atoms with Crippen LogP contribution in [0, 0.1) is 23.5 Å². The predicted octanol–water partition coefficient (Wildman–Crippen LogP) is 2.04. The molecule has 0 amide bonds. The van der Waals surface area contributed by atoms with E-state index in [1.165, 1.54) is 0 Å². The second kappa shape index (κ2) is 4.35. The molecule has 68 valence electrons. The topological polar surface area (TPSA) is 26.0 Å². The molecule has 0 heterocycles. The van der Waals surface area contributed by atoms with E-state index in [9.17, 15) is 8.78 Å². The third-order valence-electron chi connectivity index (χ3n) is 1.32. The van der Waals surface area contributed by atoms with Crippen LogP contribution in [0.5, 0.6) is 0 Å². The number of hydrogen-bond acceptors (Lipinski definition) is 1. The van der Waals surface area contributed by atoms with E-state index >= 15 is 0 Å². The molecule has 1 rings (SSSR count). The third-order valence-corrected chi connectivity index (χ3v) is 2.08. The molecule has 4 heteroatoms. The van der Waals surface area contributed by atoms with E-state index < -0.39 is 11.6 Å². The zero-order chi connectivity index (χ0) is 9.84. The van der Waals surface area contributed by atoms with Crippen molar-refractivity contribution >= 4 is 15.9 Å². The highest BCUT2D eigenvalue weighted by atomic mass is 79.9. The van der Waals surface area contributed by atoms with Crippen LogP contribution in [0.25, 0.3) is 0 Å². The van der Waals surface area contributed by atoms with Crippen LogP contribution in [0.1, 0.15) is 5.56 Å². The predicted molar refractivity (Wildman–Crippen MR) is 50.0 cm³/mol. The van der Waals surface area contributed by atoms with Gasteiger partial charge < -0.3 is 5.73 Å². The van der Waals surface area contributed by atoms with Gasteiger partial charge in [-0.05, 0) is 28.1 Å². The molecule has 0 aliphatic heterocycles. The summed E-state index contributed by atoms with van der Waals surface area (Å²) in [6.07, 6.45) is 0. The van der Waals surface area contributed by atoms with E-state index in [2.05, 4.69) is 27.8 Å². The van der Waals surface area contributed by atoms with Crippen LogP contribution in [0.2, 0.25) is 0 Å². The maximum absolute atomic E-state index is 12.9. The zero-order valence-electron chi connectivity index (χ0n) is 6.57. The van der Waals surface area contributed by atoms with Gasteiger partial charge in [0, 0.05) is 5.56 Å². The maximum Gasteiger partial charge on any atom is 0.141 e. The fraction of sp³-hybridized carbons (Fsp3) is 0.111. The molecule has 1 nitrogen and oxygen atoms in total. The molecule has 0 atom stereocenters. The Hall–Kier alpha value is -0.920. The lowest BCUT2D eigenvalue weighted by Gasteiger charge is -1.97. The summed E-state index contributed by atoms with van der Waals surface area (Å²) in [5.74, 6) is 3.71. The largest absolute Gasteiger partial charge is 0.320 e. The van der Waals surface area contributed by atoms with E-state index in [1.54, 1.807) is 0 Å². The van der Waals surface area contributed by atoms with Gasteiger partial charge in [0.1, 0.15) is 11.6 Å². The fourth-order valence-electron chi connectivity index (χ4n) is 0.781. The second-order valence-electron chi connectivity index (χ2n) is 2.26. The van der Waals surface area contributed by atoms with E-state index in [-0.39, 0.29) is 16.6 Å². The minimum Gasteiger partial charge on any atom is -0.320 e. The Morgan fingerprint density at radius 1 is 1.31 bits per heavy atom. The number of nitrogens with two attached hydrogens (primary N) is 1. The van der Waals surface area contributed by atoms with Crippen molar-refractivity contribution in [3.05, 3.63) is 33.8 Å². The van der Waals surface area contributed by atoms with Crippen LogP contribution in [0.4, 0.5) is 8.78 Å². The molecule has 0 aromatic heterocycles. The highest BCUT2D eigenvalue weighted by Crippen LogP contribution is 2.20. The zero-order valence-corrected chi connectivity index (χ0v) is 8.16. The molecule has 13 heavy (non-hydrogen) atoms. The van der Waals surface area contributed by atoms with Crippen LogP contribution < -0.4 is 5.73 Å². The third kappa shape index (κ3) is 2.51. The van der Waals surface area contributed by atoms with Crippen molar-refractivity contribution in [2.75, 3.05) is 6.54 Å². The molecule has 0 spiro atoms. The molecule has 0 saturated carbocycles. The van der Waals surface area contributed by atoms with Crippen LogP contribution in [-0.2, 0) is 0 Å². The molecule has 0 radical (unpaired) electrons. The average Bonchev–Trinajstić information content (AvgIpc) is 2.10. The van der Waals surface area contributed by atoms with E-state index in [4.69, 9.17) is 5.73 Å². The molecular formula is C9H6BrF2N. The van der Waals surface area contributed by atoms with Gasteiger partial charge in [-0.3, -0.25) is 0 Å². The Morgan fingerprint density at radius 2 is 1.85 bits per heavy atom. The summed E-state index contributed by atoms with van der Waals surface area (Å²) in [4.78, 5) is 0. The highest BCUT2D eigenvalue weighted by Gasteiger charge is 2.06. The monoisotopic (exact) mass is 245 g/mol. The first-order valence-corrected chi connectivity index (χ1v) is 4.28. The molecule has 1 aromatic carbocycles. The summed E-state index contributed by atoms with van der Waals surface area (Å²) in [6.45, 7) is 0.166. The summed E-state index contributed by atoms with van der Waals surface area (Å²) in [5, 5.41) is 0. The van der Waals surface area contributed by atoms with Gasteiger partial charge >= 0.3 is 0 Å². The summed E-state index contributed by atoms with van der Waals surface area (Å²) < 4.78 is 25.6. The molecule has 0 unspecified atom stereocenters. The molecule has 2 N–H and O–H groups in total. The van der Waals surface area contributed by atoms with Crippen molar-refractivity contribution in [3.8, 4) is 11.8 Å². The lowest BCUT2D eigenvalue weighted by atomic mass is 10.2. The van der Waals surface area contributed by atoms with Gasteiger partial charge in [0.2, 0.25) is 0 Å². The number of benzene rings is 1. The number of rotatable bonds is 0. The van der Waals surface area contributed by atoms with Crippen molar-refractivity contribution in [3.63, 3.8) is 0 Å². The Morgan fingerprint density at radius 3 is 2.31 bits per heavy atom. The van der Waals surface area contributed by atoms with E-state index in [0.717, 1.165) is 12.1 Å². The van der Waals surface area contributed by atoms with Crippen molar-refractivity contribution in [1.29, 1.82) is 0 Å². The van der Waals surface area contributed by atoms with Crippen LogP contribution in [0.3, 0.4) is 0 Å². The lowest BCUT2D eigenvalue weighted by Crippen LogP contribution is -1.93. The lowest BCUT2D eigenvalue weighted by molar-refractivity contribution is 0.571. The van der Waals surface area contributed by atoms with Crippen LogP contribution >= 0.6 is 15.9 Å². The molecule has 0 bridgehead atoms. The van der Waals surface area contributed by atoms with Crippen molar-refractivity contribution in [1.82, 2.24) is 0 Å². The highest BCUT2D eigenvalue weighted by molar-refractivity contribution is 9.10. The van der Waals surface area contributed by atoms with Crippen molar-refractivity contribution in [2.24, 2.45) is 5.73 Å². The van der Waals surface area contributed by atoms with Gasteiger partial charge in [0.05, 0.1) is 11.0 Å². The Labute approximate surface area is 83.1 Å². The average molecular weight is 246 g/mol. The molecule has 0 saturated heterocycles. The van der Waals surface area contributed by atoms with Crippen LogP contribution in [0.15, 0.2) is 16.6 Å². The first-order chi connectivity index (χ1) is 6.15. The van der Waals surface area contributed by atoms with E-state index in [1.807, 2.05) is 0 Å². The molecule has 0 aliphatic carbocycles. The van der Waals surface area contributed by atoms with Gasteiger partial charge in [0.15, 0.2) is 0 Å². The summed E-state index contributed by atoms with van der Waals surface area (Å²) in [6, 6.07) is 2.30. The Kier molecular flexibility index (Phi) is 3.40. The minimum absolute atomic E-state index is 0.166. The molecule has 1 aromatic rings. The van der Waals surface area contributed by atoms with Crippen molar-refractivity contribution < 1.29 is 8.78 Å². The Bertz CT molecular complexity index is 356. The van der Waals surface area contributed by atoms with E-state index in [0.29, 0.717) is 0 Å². The van der Waals surface area contributed by atoms with Crippen LogP contribution in [-0.4, -0.2) is 6.54 Å². The maximum atomic E-state index is 12.9. The van der Waals surface area contributed by atoms with Gasteiger partial charge in [-0.2, -0.15) is 0 Å². The number of halogens is 3. The first-order valence-electron chi connectivity index (χ1n) is 3.48. The van der Waals surface area contributed by atoms with Gasteiger partial charge in [-0.25, -0.2) is 8.78 Å². The van der Waals surface area contributed by atoms with Gasteiger partial charge in [0.25, 0.3) is 0 Å². The minimum atomic E-state index is -0.665. The number of hydrogen-bond donors (Lipinski definition) is 1. The quantitative estimate of drug-likeness (QED) is 0.550. The summed E-state index contributed by atoms with van der Waals surface area (Å²) in [7, 11) is 0. The second-order valence-corrected chi connectivity index (χ2v) is 3.05. The first kappa shape index (κ1) is 10.2. The molecule has 0 aliphatic rings. The smallest absolute Gasteiger partial charge is 0.141 e. The standard InChI is InChI=1S/C9H6BrF2N/c10-9-7(11)4-6(2-1-3-13)5-8(9)12/h4-5H,3,13H2. The van der Waals surface area contributed by atoms with Crippen molar-refractivity contribution in [2.45, 2.75) is 0 Å². The summed E-state index contributed by atoms with van der Waals surface area (Å²) in [5.41, 5.74) is 5.39. The van der Waals surface area contributed by atoms with Gasteiger partial charge in [-0.1, -0.05) is 11.8 Å². The molecular weight excluding hydrogens is 240 g/mol. The molecule has 0 fully saturated rings. The summed E-state index contributed by atoms with van der Waals surface area (Å²) >= 11 is 2.76. The van der Waals surface area contributed by atoms with Gasteiger partial charge in [-0.15, -0.1) is 0 Å². The SMILES string of the molecule is NCC#Cc1cc(F)c(Br)c(F)c1. The fourth-order valence-corrected chi connectivity index (χ4v) is 1.01. The Balaban J connectivity index is 3.13. The normalized spacial score (nSPS) is 9.23.